The van der Waals surface area contributed by atoms with E-state index in [0.717, 1.165) is 22.3 Å². The van der Waals surface area contributed by atoms with Crippen molar-refractivity contribution in [3.63, 3.8) is 0 Å². The van der Waals surface area contributed by atoms with E-state index in [1.165, 1.54) is 0 Å². The van der Waals surface area contributed by atoms with Crippen molar-refractivity contribution in [1.29, 1.82) is 0 Å². The van der Waals surface area contributed by atoms with E-state index in [4.69, 9.17) is 0 Å². The molecule has 2 aromatic heterocycles. The Hall–Kier alpha value is -1.63. The lowest BCUT2D eigenvalue weighted by Crippen LogP contribution is -2.34. The second-order valence-corrected chi connectivity index (χ2v) is 7.52. The van der Waals surface area contributed by atoms with Crippen LogP contribution in [0, 0.1) is 0 Å². The molecule has 1 amide bonds. The molecule has 0 aliphatic carbocycles. The first-order valence-electron chi connectivity index (χ1n) is 7.24. The van der Waals surface area contributed by atoms with Gasteiger partial charge in [-0.1, -0.05) is 32.1 Å². The minimum Gasteiger partial charge on any atom is -0.354 e. The van der Waals surface area contributed by atoms with Gasteiger partial charge in [0.15, 0.2) is 0 Å². The molecule has 0 spiro atoms. The van der Waals surface area contributed by atoms with E-state index in [0.29, 0.717) is 13.0 Å². The fourth-order valence-corrected chi connectivity index (χ4v) is 3.45. The Morgan fingerprint density at radius 2 is 2.19 bits per heavy atom. The second kappa shape index (κ2) is 4.98. The molecule has 2 aromatic rings. The fourth-order valence-electron chi connectivity index (χ4n) is 2.44. The van der Waals surface area contributed by atoms with Gasteiger partial charge in [-0.25, -0.2) is 9.50 Å². The van der Waals surface area contributed by atoms with Gasteiger partial charge in [0.25, 0.3) is 0 Å². The van der Waals surface area contributed by atoms with E-state index in [-0.39, 0.29) is 17.4 Å². The third kappa shape index (κ3) is 2.74. The van der Waals surface area contributed by atoms with Gasteiger partial charge in [-0.2, -0.15) is 0 Å². The zero-order valence-electron chi connectivity index (χ0n) is 12.9. The molecule has 1 aliphatic rings. The highest BCUT2D eigenvalue weighted by molar-refractivity contribution is 7.20. The number of hydrogen-bond donors (Lipinski definition) is 1. The van der Waals surface area contributed by atoms with E-state index in [2.05, 4.69) is 48.0 Å². The zero-order chi connectivity index (χ0) is 15.2. The molecule has 114 valence electrons. The smallest absolute Gasteiger partial charge is 0.222 e. The number of anilines is 1. The summed E-state index contributed by atoms with van der Waals surface area (Å²) in [5, 5.41) is 8.48. The van der Waals surface area contributed by atoms with Crippen LogP contribution in [-0.4, -0.2) is 39.6 Å². The summed E-state index contributed by atoms with van der Waals surface area (Å²) < 4.78 is 1.85. The summed E-state index contributed by atoms with van der Waals surface area (Å²) >= 11 is 1.58. The normalized spacial score (nSPS) is 20.7. The van der Waals surface area contributed by atoms with Gasteiger partial charge in [-0.15, -0.1) is 5.10 Å². The zero-order valence-corrected chi connectivity index (χ0v) is 13.7. The van der Waals surface area contributed by atoms with Gasteiger partial charge < -0.3 is 10.2 Å². The van der Waals surface area contributed by atoms with Gasteiger partial charge >= 0.3 is 0 Å². The van der Waals surface area contributed by atoms with Crippen molar-refractivity contribution >= 4 is 27.3 Å². The summed E-state index contributed by atoms with van der Waals surface area (Å²) in [6, 6.07) is 0.158. The van der Waals surface area contributed by atoms with Crippen LogP contribution in [0.5, 0.6) is 0 Å². The molecule has 0 saturated carbocycles. The van der Waals surface area contributed by atoms with Gasteiger partial charge in [0.2, 0.25) is 16.0 Å². The molecule has 0 aromatic carbocycles. The van der Waals surface area contributed by atoms with Gasteiger partial charge in [0.1, 0.15) is 0 Å². The van der Waals surface area contributed by atoms with E-state index >= 15 is 0 Å². The first kappa shape index (κ1) is 14.3. The first-order chi connectivity index (χ1) is 9.84. The quantitative estimate of drug-likeness (QED) is 0.872. The van der Waals surface area contributed by atoms with Crippen molar-refractivity contribution in [2.75, 3.05) is 18.0 Å². The number of amides is 1. The summed E-state index contributed by atoms with van der Waals surface area (Å²) in [4.78, 5) is 19.3. The van der Waals surface area contributed by atoms with Gasteiger partial charge in [-0.05, 0) is 6.92 Å². The van der Waals surface area contributed by atoms with Gasteiger partial charge in [0.05, 0.1) is 11.9 Å². The molecule has 0 unspecified atom stereocenters. The average Bonchev–Trinajstić information content (AvgIpc) is 2.86. The molecular weight excluding hydrogens is 286 g/mol. The number of fused-ring (bicyclic) bond motifs is 1. The lowest BCUT2D eigenvalue weighted by Gasteiger charge is -2.24. The van der Waals surface area contributed by atoms with Gasteiger partial charge in [0, 0.05) is 31.0 Å². The Kier molecular flexibility index (Phi) is 3.39. The van der Waals surface area contributed by atoms with Crippen LogP contribution >= 0.6 is 11.3 Å². The van der Waals surface area contributed by atoms with Crippen molar-refractivity contribution in [2.45, 2.75) is 45.6 Å². The third-order valence-electron chi connectivity index (χ3n) is 3.73. The molecule has 1 aliphatic heterocycles. The third-order valence-corrected chi connectivity index (χ3v) is 4.69. The predicted molar refractivity (Wildman–Crippen MR) is 84.0 cm³/mol. The molecule has 6 nitrogen and oxygen atoms in total. The number of imidazole rings is 1. The van der Waals surface area contributed by atoms with Crippen LogP contribution in [0.1, 0.15) is 39.8 Å². The molecular formula is C14H21N5OS. The van der Waals surface area contributed by atoms with Crippen molar-refractivity contribution in [2.24, 2.45) is 0 Å². The van der Waals surface area contributed by atoms with Crippen LogP contribution in [0.15, 0.2) is 6.20 Å². The van der Waals surface area contributed by atoms with Crippen molar-refractivity contribution in [1.82, 2.24) is 19.9 Å². The first-order valence-corrected chi connectivity index (χ1v) is 8.06. The minimum absolute atomic E-state index is 0.0276. The molecule has 3 heterocycles. The lowest BCUT2D eigenvalue weighted by atomic mass is 9.93. The highest BCUT2D eigenvalue weighted by Gasteiger charge is 2.25. The topological polar surface area (TPSA) is 62.5 Å². The molecule has 0 radical (unpaired) electrons. The Bertz CT molecular complexity index is 637. The van der Waals surface area contributed by atoms with Crippen molar-refractivity contribution in [3.8, 4) is 0 Å². The molecule has 3 rings (SSSR count). The minimum atomic E-state index is 0.0276. The Morgan fingerprint density at radius 1 is 1.43 bits per heavy atom. The Balaban J connectivity index is 1.90. The molecule has 7 heteroatoms. The number of nitrogens with one attached hydrogen (secondary N) is 1. The van der Waals surface area contributed by atoms with Crippen LogP contribution in [0.2, 0.25) is 0 Å². The molecule has 1 N–H and O–H groups in total. The van der Waals surface area contributed by atoms with Crippen LogP contribution < -0.4 is 10.2 Å². The summed E-state index contributed by atoms with van der Waals surface area (Å²) in [7, 11) is 0. The maximum absolute atomic E-state index is 11.6. The van der Waals surface area contributed by atoms with Crippen LogP contribution in [0.3, 0.4) is 0 Å². The number of hydrogen-bond acceptors (Lipinski definition) is 5. The van der Waals surface area contributed by atoms with E-state index in [1.54, 1.807) is 11.3 Å². The average molecular weight is 307 g/mol. The summed E-state index contributed by atoms with van der Waals surface area (Å²) in [6.07, 6.45) is 2.51. The van der Waals surface area contributed by atoms with Crippen molar-refractivity contribution in [3.05, 3.63) is 11.9 Å². The van der Waals surface area contributed by atoms with Crippen LogP contribution in [0.25, 0.3) is 4.96 Å². The Morgan fingerprint density at radius 3 is 2.86 bits per heavy atom. The van der Waals surface area contributed by atoms with E-state index < -0.39 is 0 Å². The monoisotopic (exact) mass is 307 g/mol. The maximum atomic E-state index is 11.6. The van der Waals surface area contributed by atoms with Gasteiger partial charge in [-0.3, -0.25) is 4.79 Å². The Labute approximate surface area is 128 Å². The second-order valence-electron chi connectivity index (χ2n) is 6.58. The highest BCUT2D eigenvalue weighted by Crippen LogP contribution is 2.29. The molecule has 21 heavy (non-hydrogen) atoms. The molecule has 1 fully saturated rings. The summed E-state index contributed by atoms with van der Waals surface area (Å²) in [6.45, 7) is 9.96. The summed E-state index contributed by atoms with van der Waals surface area (Å²) in [5.41, 5.74) is 1.08. The summed E-state index contributed by atoms with van der Waals surface area (Å²) in [5.74, 6) is 0.112. The number of nitrogens with zero attached hydrogens (tertiary/aromatic N) is 4. The maximum Gasteiger partial charge on any atom is 0.222 e. The number of carbonyl (C=O) groups is 1. The standard InChI is InChI=1S/C14H21N5OS/c1-9-7-11(20)15-5-6-18(9)13-17-19-8-10(14(2,3)4)16-12(19)21-13/h8-9H,5-7H2,1-4H3,(H,15,20)/t9-/m1/s1. The number of aromatic nitrogens is 3. The molecule has 1 saturated heterocycles. The largest absolute Gasteiger partial charge is 0.354 e. The highest BCUT2D eigenvalue weighted by atomic mass is 32.1. The van der Waals surface area contributed by atoms with Crippen LogP contribution in [0.4, 0.5) is 5.13 Å². The fraction of sp³-hybridized carbons (Fsp3) is 0.643. The lowest BCUT2D eigenvalue weighted by molar-refractivity contribution is -0.120. The number of carbonyl (C=O) groups excluding carboxylic acids is 1. The molecule has 1 atom stereocenters. The van der Waals surface area contributed by atoms with Crippen molar-refractivity contribution < 1.29 is 4.79 Å². The number of rotatable bonds is 1. The van der Waals surface area contributed by atoms with Crippen LogP contribution in [-0.2, 0) is 10.2 Å². The van der Waals surface area contributed by atoms with E-state index in [9.17, 15) is 4.79 Å². The predicted octanol–water partition coefficient (Wildman–Crippen LogP) is 1.80. The SMILES string of the molecule is C[C@@H]1CC(=O)NCCN1c1nn2cc(C(C)(C)C)nc2s1. The molecule has 0 bridgehead atoms. The van der Waals surface area contributed by atoms with E-state index in [1.807, 2.05) is 10.7 Å².